The summed E-state index contributed by atoms with van der Waals surface area (Å²) in [4.78, 5) is 6.21. The topological polar surface area (TPSA) is 76.3 Å². The van der Waals surface area contributed by atoms with Gasteiger partial charge in [-0.05, 0) is 25.8 Å². The number of nitrogens with zero attached hydrogens (tertiary/aromatic N) is 3. The predicted octanol–water partition coefficient (Wildman–Crippen LogP) is 4.34. The average molecular weight is 404 g/mol. The lowest BCUT2D eigenvalue weighted by Gasteiger charge is -2.19. The van der Waals surface area contributed by atoms with E-state index in [9.17, 15) is 8.42 Å². The third-order valence-electron chi connectivity index (χ3n) is 4.72. The number of rotatable bonds is 4. The number of aromatic nitrogens is 2. The molecule has 0 N–H and O–H groups in total. The maximum Gasteiger partial charge on any atom is 0.268 e. The van der Waals surface area contributed by atoms with Gasteiger partial charge >= 0.3 is 0 Å². The molecule has 0 atom stereocenters. The zero-order valence-corrected chi connectivity index (χ0v) is 16.7. The van der Waals surface area contributed by atoms with Gasteiger partial charge in [-0.25, -0.2) is 8.42 Å². The van der Waals surface area contributed by atoms with Crippen LogP contribution in [-0.2, 0) is 10.0 Å². The molecule has 0 unspecified atom stereocenters. The van der Waals surface area contributed by atoms with Crippen LogP contribution in [-0.4, -0.2) is 36.0 Å². The first-order chi connectivity index (χ1) is 13.1. The molecule has 1 aromatic carbocycles. The molecular weight excluding hydrogens is 382 g/mol. The summed E-state index contributed by atoms with van der Waals surface area (Å²) in [5.74, 6) is 0.841. The molecule has 142 valence electrons. The number of aryl methyl sites for hydroxylation is 1. The highest BCUT2D eigenvalue weighted by Crippen LogP contribution is 2.35. The minimum Gasteiger partial charge on any atom is -0.333 e. The Morgan fingerprint density at radius 1 is 1.07 bits per heavy atom. The first-order valence-electron chi connectivity index (χ1n) is 9.06. The van der Waals surface area contributed by atoms with Crippen LogP contribution in [0.15, 0.2) is 45.8 Å². The van der Waals surface area contributed by atoms with E-state index in [2.05, 4.69) is 10.1 Å². The fourth-order valence-electron chi connectivity index (χ4n) is 3.28. The molecular formula is C19H21N3O3S2. The van der Waals surface area contributed by atoms with Crippen molar-refractivity contribution in [1.82, 2.24) is 14.4 Å². The van der Waals surface area contributed by atoms with Crippen molar-refractivity contribution in [3.05, 3.63) is 41.3 Å². The molecule has 0 radical (unpaired) electrons. The molecule has 1 aliphatic heterocycles. The van der Waals surface area contributed by atoms with E-state index in [-0.39, 0.29) is 0 Å². The van der Waals surface area contributed by atoms with E-state index < -0.39 is 10.0 Å². The molecule has 0 spiro atoms. The Kier molecular flexibility index (Phi) is 5.12. The maximum absolute atomic E-state index is 13.1. The van der Waals surface area contributed by atoms with Crippen LogP contribution in [0.5, 0.6) is 0 Å². The zero-order chi connectivity index (χ0) is 18.9. The Bertz CT molecular complexity index is 1020. The molecule has 0 saturated carbocycles. The molecule has 1 aliphatic rings. The Hall–Kier alpha value is -2.03. The number of sulfonamides is 1. The normalized spacial score (nSPS) is 16.3. The van der Waals surface area contributed by atoms with E-state index in [4.69, 9.17) is 4.52 Å². The Morgan fingerprint density at radius 2 is 1.78 bits per heavy atom. The molecule has 0 amide bonds. The fraction of sp³-hybridized carbons (Fsp3) is 0.368. The van der Waals surface area contributed by atoms with Crippen LogP contribution in [0.3, 0.4) is 0 Å². The smallest absolute Gasteiger partial charge is 0.268 e. The van der Waals surface area contributed by atoms with Gasteiger partial charge in [0.25, 0.3) is 5.89 Å². The van der Waals surface area contributed by atoms with Gasteiger partial charge in [-0.2, -0.15) is 9.29 Å². The van der Waals surface area contributed by atoms with Crippen molar-refractivity contribution >= 4 is 21.4 Å². The number of hydrogen-bond acceptors (Lipinski definition) is 6. The van der Waals surface area contributed by atoms with Gasteiger partial charge in [0.05, 0.1) is 9.77 Å². The lowest BCUT2D eigenvalue weighted by Crippen LogP contribution is -2.32. The predicted molar refractivity (Wildman–Crippen MR) is 105 cm³/mol. The van der Waals surface area contributed by atoms with Crippen LogP contribution in [0, 0.1) is 6.92 Å². The van der Waals surface area contributed by atoms with Crippen LogP contribution >= 0.6 is 11.3 Å². The first kappa shape index (κ1) is 18.3. The Labute approximate surface area is 162 Å². The van der Waals surface area contributed by atoms with E-state index in [1.165, 1.54) is 11.3 Å². The van der Waals surface area contributed by atoms with Gasteiger partial charge in [0.15, 0.2) is 0 Å². The van der Waals surface area contributed by atoms with Crippen molar-refractivity contribution in [3.63, 3.8) is 0 Å². The summed E-state index contributed by atoms with van der Waals surface area (Å²) in [5.41, 5.74) is 0.859. The number of benzene rings is 1. The van der Waals surface area contributed by atoms with Crippen molar-refractivity contribution in [2.75, 3.05) is 13.1 Å². The van der Waals surface area contributed by atoms with Crippen molar-refractivity contribution in [3.8, 4) is 22.2 Å². The molecule has 2 aromatic heterocycles. The van der Waals surface area contributed by atoms with Crippen LogP contribution in [0.1, 0.15) is 30.6 Å². The number of hydrogen-bond donors (Lipinski definition) is 0. The highest BCUT2D eigenvalue weighted by Gasteiger charge is 2.29. The molecule has 27 heavy (non-hydrogen) atoms. The van der Waals surface area contributed by atoms with Gasteiger partial charge in [-0.1, -0.05) is 48.3 Å². The maximum atomic E-state index is 13.1. The highest BCUT2D eigenvalue weighted by atomic mass is 32.2. The summed E-state index contributed by atoms with van der Waals surface area (Å²) in [6.07, 6.45) is 4.01. The van der Waals surface area contributed by atoms with Crippen LogP contribution < -0.4 is 0 Å². The second-order valence-electron chi connectivity index (χ2n) is 6.64. The van der Waals surface area contributed by atoms with Crippen LogP contribution in [0.25, 0.3) is 22.2 Å². The highest BCUT2D eigenvalue weighted by molar-refractivity contribution is 7.89. The standard InChI is InChI=1S/C19H21N3O3S2/c1-14-17(27(23,24)22-11-7-2-3-8-12-22)13-16(26-14)19-20-18(21-25-19)15-9-5-4-6-10-15/h4-6,9-10,13H,2-3,7-8,11-12H2,1H3. The summed E-state index contributed by atoms with van der Waals surface area (Å²) >= 11 is 1.37. The summed E-state index contributed by atoms with van der Waals surface area (Å²) in [6.45, 7) is 3.00. The van der Waals surface area contributed by atoms with Gasteiger partial charge in [0.1, 0.15) is 0 Å². The van der Waals surface area contributed by atoms with Gasteiger partial charge in [0.2, 0.25) is 15.8 Å². The lowest BCUT2D eigenvalue weighted by atomic mass is 10.2. The lowest BCUT2D eigenvalue weighted by molar-refractivity contribution is 0.423. The monoisotopic (exact) mass is 403 g/mol. The third kappa shape index (κ3) is 3.69. The van der Waals surface area contributed by atoms with Crippen LogP contribution in [0.2, 0.25) is 0 Å². The summed E-state index contributed by atoms with van der Waals surface area (Å²) < 4.78 is 33.2. The van der Waals surface area contributed by atoms with E-state index in [0.717, 1.165) is 36.1 Å². The van der Waals surface area contributed by atoms with E-state index in [1.54, 1.807) is 10.4 Å². The summed E-state index contributed by atoms with van der Waals surface area (Å²) in [6, 6.07) is 11.2. The molecule has 8 heteroatoms. The molecule has 6 nitrogen and oxygen atoms in total. The van der Waals surface area contributed by atoms with Crippen molar-refractivity contribution in [2.45, 2.75) is 37.5 Å². The first-order valence-corrected chi connectivity index (χ1v) is 11.3. The zero-order valence-electron chi connectivity index (χ0n) is 15.1. The van der Waals surface area contributed by atoms with Crippen LogP contribution in [0.4, 0.5) is 0 Å². The molecule has 3 heterocycles. The quantitative estimate of drug-likeness (QED) is 0.648. The third-order valence-corrected chi connectivity index (χ3v) is 7.92. The summed E-state index contributed by atoms with van der Waals surface area (Å²) in [7, 11) is -3.49. The minimum atomic E-state index is -3.49. The fourth-order valence-corrected chi connectivity index (χ4v) is 6.28. The van der Waals surface area contributed by atoms with E-state index in [0.29, 0.717) is 34.6 Å². The van der Waals surface area contributed by atoms with Gasteiger partial charge in [0, 0.05) is 23.5 Å². The van der Waals surface area contributed by atoms with Gasteiger partial charge in [-0.15, -0.1) is 11.3 Å². The molecule has 3 aromatic rings. The SMILES string of the molecule is Cc1sc(-c2nc(-c3ccccc3)no2)cc1S(=O)(=O)N1CCCCCC1. The molecule has 1 fully saturated rings. The van der Waals surface area contributed by atoms with Crippen molar-refractivity contribution < 1.29 is 12.9 Å². The van der Waals surface area contributed by atoms with Gasteiger partial charge < -0.3 is 4.52 Å². The largest absolute Gasteiger partial charge is 0.333 e. The Balaban J connectivity index is 1.65. The minimum absolute atomic E-state index is 0.347. The second-order valence-corrected chi connectivity index (χ2v) is 9.80. The molecule has 4 rings (SSSR count). The Morgan fingerprint density at radius 3 is 2.48 bits per heavy atom. The number of thiophene rings is 1. The van der Waals surface area contributed by atoms with Gasteiger partial charge in [-0.3, -0.25) is 0 Å². The molecule has 1 saturated heterocycles. The van der Waals surface area contributed by atoms with Crippen molar-refractivity contribution in [2.24, 2.45) is 0 Å². The van der Waals surface area contributed by atoms with E-state index in [1.807, 2.05) is 37.3 Å². The summed E-state index contributed by atoms with van der Waals surface area (Å²) in [5, 5.41) is 4.03. The molecule has 0 bridgehead atoms. The van der Waals surface area contributed by atoms with Crippen molar-refractivity contribution in [1.29, 1.82) is 0 Å². The average Bonchev–Trinajstić information content (AvgIpc) is 3.21. The molecule has 0 aliphatic carbocycles. The second kappa shape index (κ2) is 7.53. The van der Waals surface area contributed by atoms with E-state index >= 15 is 0 Å².